The molecule has 2 heterocycles. The zero-order valence-electron chi connectivity index (χ0n) is 20.3. The predicted molar refractivity (Wildman–Crippen MR) is 132 cm³/mol. The highest BCUT2D eigenvalue weighted by molar-refractivity contribution is 5.97. The second kappa shape index (κ2) is 8.24. The normalized spacial score (nSPS) is 24.2. The highest BCUT2D eigenvalue weighted by Gasteiger charge is 2.49. The van der Waals surface area contributed by atoms with E-state index < -0.39 is 5.91 Å². The van der Waals surface area contributed by atoms with Crippen LogP contribution in [0.4, 0.5) is 5.69 Å². The Balaban J connectivity index is 1.44. The molecule has 1 N–H and O–H groups in total. The second-order valence-electron chi connectivity index (χ2n) is 11.0. The number of fused-ring (bicyclic) bond motifs is 3. The summed E-state index contributed by atoms with van der Waals surface area (Å²) >= 11 is 0. The maximum Gasteiger partial charge on any atom is 0.295 e. The monoisotopic (exact) mass is 460 g/mol. The summed E-state index contributed by atoms with van der Waals surface area (Å²) < 4.78 is 7.04. The molecule has 2 bridgehead atoms. The molecule has 5 rings (SSSR count). The molecule has 2 aromatic carbocycles. The summed E-state index contributed by atoms with van der Waals surface area (Å²) in [5.74, 6) is 0.235. The van der Waals surface area contributed by atoms with Crippen molar-refractivity contribution >= 4 is 22.5 Å². The SMILES string of the molecule is COc1ccc(C(=O)N=Nc2c(O)n(CN3CC4(C)CC3CC(C)(C)C4)c3ccccc23)cc1. The van der Waals surface area contributed by atoms with E-state index in [4.69, 9.17) is 4.74 Å². The molecule has 1 aliphatic heterocycles. The van der Waals surface area contributed by atoms with Gasteiger partial charge in [-0.25, -0.2) is 0 Å². The molecule has 34 heavy (non-hydrogen) atoms. The minimum Gasteiger partial charge on any atom is -0.497 e. The van der Waals surface area contributed by atoms with Crippen LogP contribution in [-0.4, -0.2) is 40.2 Å². The number of aromatic hydroxyl groups is 1. The van der Waals surface area contributed by atoms with E-state index >= 15 is 0 Å². The number of amides is 1. The van der Waals surface area contributed by atoms with E-state index in [1.54, 1.807) is 31.4 Å². The first kappa shape index (κ1) is 22.6. The molecule has 2 aliphatic rings. The van der Waals surface area contributed by atoms with Gasteiger partial charge < -0.3 is 9.84 Å². The first-order valence-electron chi connectivity index (χ1n) is 11.8. The van der Waals surface area contributed by atoms with E-state index in [2.05, 4.69) is 35.9 Å². The van der Waals surface area contributed by atoms with Gasteiger partial charge in [0.1, 0.15) is 5.75 Å². The van der Waals surface area contributed by atoms with Crippen molar-refractivity contribution in [2.45, 2.75) is 52.7 Å². The Labute approximate surface area is 200 Å². The lowest BCUT2D eigenvalue weighted by atomic mass is 9.65. The summed E-state index contributed by atoms with van der Waals surface area (Å²) in [6.07, 6.45) is 3.57. The molecular formula is C27H32N4O3. The van der Waals surface area contributed by atoms with Gasteiger partial charge in [0.2, 0.25) is 5.88 Å². The zero-order valence-corrected chi connectivity index (χ0v) is 20.3. The smallest absolute Gasteiger partial charge is 0.295 e. The van der Waals surface area contributed by atoms with Gasteiger partial charge in [-0.3, -0.25) is 14.3 Å². The number of aromatic nitrogens is 1. The Morgan fingerprint density at radius 3 is 2.59 bits per heavy atom. The average molecular weight is 461 g/mol. The van der Waals surface area contributed by atoms with E-state index in [1.807, 2.05) is 28.8 Å². The summed E-state index contributed by atoms with van der Waals surface area (Å²) in [7, 11) is 1.57. The highest BCUT2D eigenvalue weighted by Crippen LogP contribution is 2.53. The lowest BCUT2D eigenvalue weighted by Crippen LogP contribution is -2.35. The fourth-order valence-electron chi connectivity index (χ4n) is 6.32. The predicted octanol–water partition coefficient (Wildman–Crippen LogP) is 6.14. The molecule has 1 amide bonds. The zero-order chi connectivity index (χ0) is 24.1. The molecule has 0 spiro atoms. The van der Waals surface area contributed by atoms with Gasteiger partial charge >= 0.3 is 0 Å². The molecule has 1 aromatic heterocycles. The van der Waals surface area contributed by atoms with Gasteiger partial charge in [0.15, 0.2) is 5.69 Å². The fraction of sp³-hybridized carbons (Fsp3) is 0.444. The number of para-hydroxylation sites is 1. The molecule has 3 aromatic rings. The summed E-state index contributed by atoms with van der Waals surface area (Å²) in [6.45, 7) is 8.72. The topological polar surface area (TPSA) is 79.4 Å². The summed E-state index contributed by atoms with van der Waals surface area (Å²) in [5, 5.41) is 20.1. The summed E-state index contributed by atoms with van der Waals surface area (Å²) in [6, 6.07) is 15.0. The average Bonchev–Trinajstić information content (AvgIpc) is 3.20. The highest BCUT2D eigenvalue weighted by atomic mass is 16.5. The maximum atomic E-state index is 12.6. The van der Waals surface area contributed by atoms with E-state index in [1.165, 1.54) is 12.8 Å². The summed E-state index contributed by atoms with van der Waals surface area (Å²) in [4.78, 5) is 15.1. The number of hydrogen-bond acceptors (Lipinski definition) is 5. The van der Waals surface area contributed by atoms with Gasteiger partial charge in [0.25, 0.3) is 5.91 Å². The number of azo groups is 1. The standard InChI is InChI=1S/C27H32N4O3/c1-26(2)13-19-14-27(3,15-26)16-30(19)17-31-22-8-6-5-7-21(22)23(25(31)33)28-29-24(32)18-9-11-20(34-4)12-10-18/h5-12,19,33H,13-17H2,1-4H3. The number of ether oxygens (including phenoxy) is 1. The minimum absolute atomic E-state index is 0.0401. The molecule has 2 unspecified atom stereocenters. The molecule has 7 heteroatoms. The van der Waals surface area contributed by atoms with Crippen molar-refractivity contribution in [3.05, 3.63) is 54.1 Å². The van der Waals surface area contributed by atoms with Crippen LogP contribution in [0.1, 0.15) is 50.4 Å². The molecule has 1 saturated carbocycles. The Morgan fingerprint density at radius 2 is 1.85 bits per heavy atom. The molecule has 1 saturated heterocycles. The van der Waals surface area contributed by atoms with E-state index in [9.17, 15) is 9.90 Å². The fourth-order valence-corrected chi connectivity index (χ4v) is 6.32. The van der Waals surface area contributed by atoms with Gasteiger partial charge in [0, 0.05) is 23.5 Å². The van der Waals surface area contributed by atoms with Crippen LogP contribution in [0.25, 0.3) is 10.9 Å². The lowest BCUT2D eigenvalue weighted by Gasteiger charge is -2.40. The van der Waals surface area contributed by atoms with Crippen molar-refractivity contribution in [3.8, 4) is 11.6 Å². The van der Waals surface area contributed by atoms with Gasteiger partial charge in [-0.1, -0.05) is 39.0 Å². The number of rotatable bonds is 5. The van der Waals surface area contributed by atoms with Gasteiger partial charge in [-0.05, 0) is 60.4 Å². The van der Waals surface area contributed by atoms with Crippen molar-refractivity contribution < 1.29 is 14.6 Å². The van der Waals surface area contributed by atoms with Crippen LogP contribution in [0.2, 0.25) is 0 Å². The number of carbonyl (C=O) groups excluding carboxylic acids is 1. The first-order valence-corrected chi connectivity index (χ1v) is 11.8. The minimum atomic E-state index is -0.470. The third-order valence-corrected chi connectivity index (χ3v) is 7.34. The van der Waals surface area contributed by atoms with Crippen molar-refractivity contribution in [1.29, 1.82) is 0 Å². The van der Waals surface area contributed by atoms with Gasteiger partial charge in [0.05, 0.1) is 19.3 Å². The molecular weight excluding hydrogens is 428 g/mol. The van der Waals surface area contributed by atoms with Crippen molar-refractivity contribution in [2.75, 3.05) is 13.7 Å². The number of carbonyl (C=O) groups is 1. The summed E-state index contributed by atoms with van der Waals surface area (Å²) in [5.41, 5.74) is 2.25. The number of likely N-dealkylation sites (tertiary alicyclic amines) is 1. The van der Waals surface area contributed by atoms with E-state index in [0.717, 1.165) is 23.9 Å². The number of hydrogen-bond donors (Lipinski definition) is 1. The molecule has 1 aliphatic carbocycles. The van der Waals surface area contributed by atoms with Crippen LogP contribution in [0, 0.1) is 10.8 Å². The first-order chi connectivity index (χ1) is 16.2. The van der Waals surface area contributed by atoms with E-state index in [0.29, 0.717) is 40.5 Å². The van der Waals surface area contributed by atoms with Crippen LogP contribution in [0.5, 0.6) is 11.6 Å². The van der Waals surface area contributed by atoms with Crippen molar-refractivity contribution in [2.24, 2.45) is 21.1 Å². The van der Waals surface area contributed by atoms with Crippen molar-refractivity contribution in [1.82, 2.24) is 9.47 Å². The number of nitrogens with zero attached hydrogens (tertiary/aromatic N) is 4. The quantitative estimate of drug-likeness (QED) is 0.464. The molecule has 178 valence electrons. The Bertz CT molecular complexity index is 1260. The van der Waals surface area contributed by atoms with Crippen LogP contribution in [-0.2, 0) is 6.67 Å². The van der Waals surface area contributed by atoms with E-state index in [-0.39, 0.29) is 5.88 Å². The third kappa shape index (κ3) is 4.09. The number of methoxy groups -OCH3 is 1. The molecule has 7 nitrogen and oxygen atoms in total. The van der Waals surface area contributed by atoms with Crippen LogP contribution >= 0.6 is 0 Å². The molecule has 0 radical (unpaired) electrons. The Morgan fingerprint density at radius 1 is 1.12 bits per heavy atom. The Kier molecular flexibility index (Phi) is 5.47. The van der Waals surface area contributed by atoms with Crippen molar-refractivity contribution in [3.63, 3.8) is 0 Å². The largest absolute Gasteiger partial charge is 0.497 e. The van der Waals surface area contributed by atoms with Crippen LogP contribution < -0.4 is 4.74 Å². The lowest BCUT2D eigenvalue weighted by molar-refractivity contribution is 0.0995. The van der Waals surface area contributed by atoms with Crippen LogP contribution in [0.3, 0.4) is 0 Å². The molecule has 2 fully saturated rings. The van der Waals surface area contributed by atoms with Gasteiger partial charge in [-0.15, -0.1) is 10.2 Å². The maximum absolute atomic E-state index is 12.6. The Hall–Kier alpha value is -3.19. The second-order valence-corrected chi connectivity index (χ2v) is 11.0. The molecule has 2 atom stereocenters. The number of benzene rings is 2. The van der Waals surface area contributed by atoms with Gasteiger partial charge in [-0.2, -0.15) is 0 Å². The van der Waals surface area contributed by atoms with Crippen LogP contribution in [0.15, 0.2) is 58.8 Å². The third-order valence-electron chi connectivity index (χ3n) is 7.34.